The number of hydrogen-bond acceptors (Lipinski definition) is 3. The van der Waals surface area contributed by atoms with E-state index in [0.717, 1.165) is 48.3 Å². The molecule has 0 aliphatic carbocycles. The van der Waals surface area contributed by atoms with Gasteiger partial charge in [-0.25, -0.2) is 4.39 Å². The molecule has 0 spiro atoms. The molecule has 0 amide bonds. The Bertz CT molecular complexity index is 2220. The maximum Gasteiger partial charge on any atom is 0.132 e. The van der Waals surface area contributed by atoms with Crippen LogP contribution in [0.5, 0.6) is 0 Å². The second-order valence-corrected chi connectivity index (χ2v) is 26.1. The number of benzene rings is 4. The maximum atomic E-state index is 15.2. The fraction of sp³-hybridized carbons (Fsp3) is 0.209. The summed E-state index contributed by atoms with van der Waals surface area (Å²) in [5.74, 6) is 0.244. The molecule has 1 radical (unpaired) electrons. The van der Waals surface area contributed by atoms with Crippen molar-refractivity contribution in [3.05, 3.63) is 133 Å². The Balaban J connectivity index is 0.000000241. The van der Waals surface area contributed by atoms with Gasteiger partial charge in [-0.3, -0.25) is 0 Å². The third kappa shape index (κ3) is 8.14. The van der Waals surface area contributed by atoms with Crippen LogP contribution in [0.3, 0.4) is 0 Å². The number of nitrogens with zero attached hydrogens (tertiary/aromatic N) is 2. The molecule has 0 aliphatic rings. The smallest absolute Gasteiger partial charge is 0.132 e. The van der Waals surface area contributed by atoms with E-state index in [1.165, 1.54) is 15.9 Å². The van der Waals surface area contributed by atoms with Gasteiger partial charge in [0.15, 0.2) is 0 Å². The van der Waals surface area contributed by atoms with Gasteiger partial charge in [-0.1, -0.05) is 118 Å². The zero-order chi connectivity index (χ0) is 34.9. The Hall–Kier alpha value is -3.59. The standard InChI is InChI=1S/C29H27FNSSi.C14H16NSi.Ir/c1-18(2)20-15-16-31-26(17-20)24-8-6-7-22-23-13-14-25(30)27(29(23)32-28(22)24)19-9-11-21(12-10-19)33(3,4)5;1-16(2,3)13-9-10-14(15-11-13)12-7-5-4-6-8-12;/h6-7,9-18H,1-5H3;4-7,9-11H,1-3H3;/q2*-1;. The molecule has 0 unspecified atom stereocenters. The van der Waals surface area contributed by atoms with Crippen LogP contribution >= 0.6 is 11.3 Å². The van der Waals surface area contributed by atoms with Crippen LogP contribution in [0.25, 0.3) is 53.8 Å². The molecule has 2 nitrogen and oxygen atoms in total. The SMILES string of the molecule is CC(C)c1ccnc(-c2[c-]ccc3c2sc2c(-c4ccc([Si](C)(C)C)cc4)c(F)ccc23)c1.C[Si](C)(C)c1ccc(-c2[c-]cccc2)nc1.[Ir]. The van der Waals surface area contributed by atoms with Gasteiger partial charge < -0.3 is 9.97 Å². The van der Waals surface area contributed by atoms with Crippen LogP contribution < -0.4 is 10.4 Å². The number of pyridine rings is 2. The van der Waals surface area contributed by atoms with Gasteiger partial charge in [-0.2, -0.15) is 11.3 Å². The van der Waals surface area contributed by atoms with Crippen molar-refractivity contribution in [1.82, 2.24) is 9.97 Å². The minimum atomic E-state index is -1.41. The average Bonchev–Trinajstić information content (AvgIpc) is 3.47. The van der Waals surface area contributed by atoms with Crippen LogP contribution in [0, 0.1) is 17.9 Å². The Kier molecular flexibility index (Phi) is 11.6. The van der Waals surface area contributed by atoms with Gasteiger partial charge in [0.2, 0.25) is 0 Å². The first-order chi connectivity index (χ1) is 23.3. The zero-order valence-electron chi connectivity index (χ0n) is 30.0. The van der Waals surface area contributed by atoms with Crippen molar-refractivity contribution in [2.45, 2.75) is 59.0 Å². The van der Waals surface area contributed by atoms with Crippen molar-refractivity contribution >= 4 is 58.0 Å². The first kappa shape index (κ1) is 37.7. The summed E-state index contributed by atoms with van der Waals surface area (Å²) < 4.78 is 17.3. The minimum Gasteiger partial charge on any atom is -0.305 e. The van der Waals surface area contributed by atoms with Crippen molar-refractivity contribution in [1.29, 1.82) is 0 Å². The van der Waals surface area contributed by atoms with Gasteiger partial charge in [0.1, 0.15) is 5.82 Å². The summed E-state index contributed by atoms with van der Waals surface area (Å²) in [6.07, 6.45) is 3.89. The summed E-state index contributed by atoms with van der Waals surface area (Å²) in [6.45, 7) is 18.4. The maximum absolute atomic E-state index is 15.2. The summed E-state index contributed by atoms with van der Waals surface area (Å²) in [6, 6.07) is 39.1. The second kappa shape index (κ2) is 15.3. The Morgan fingerprint density at radius 1 is 0.680 bits per heavy atom. The first-order valence-electron chi connectivity index (χ1n) is 16.9. The second-order valence-electron chi connectivity index (χ2n) is 14.9. The van der Waals surface area contributed by atoms with Crippen molar-refractivity contribution < 1.29 is 24.5 Å². The molecule has 50 heavy (non-hydrogen) atoms. The fourth-order valence-electron chi connectivity index (χ4n) is 5.87. The molecule has 3 aromatic heterocycles. The normalized spacial score (nSPS) is 11.7. The van der Waals surface area contributed by atoms with Crippen LogP contribution in [-0.2, 0) is 20.1 Å². The number of thiophene rings is 1. The van der Waals surface area contributed by atoms with Crippen LogP contribution in [0.1, 0.15) is 25.3 Å². The number of aromatic nitrogens is 2. The van der Waals surface area contributed by atoms with E-state index in [1.54, 1.807) is 17.4 Å². The predicted octanol–water partition coefficient (Wildman–Crippen LogP) is 11.5. The number of hydrogen-bond donors (Lipinski definition) is 0. The summed E-state index contributed by atoms with van der Waals surface area (Å²) in [7, 11) is -2.64. The molecule has 0 fully saturated rings. The van der Waals surface area contributed by atoms with Crippen LogP contribution in [0.2, 0.25) is 39.3 Å². The van der Waals surface area contributed by atoms with E-state index in [4.69, 9.17) is 0 Å². The molecule has 0 bridgehead atoms. The van der Waals surface area contributed by atoms with Gasteiger partial charge in [0.05, 0.1) is 16.1 Å². The molecule has 0 saturated carbocycles. The number of rotatable bonds is 6. The third-order valence-electron chi connectivity index (χ3n) is 8.91. The van der Waals surface area contributed by atoms with Crippen molar-refractivity contribution in [2.24, 2.45) is 0 Å². The van der Waals surface area contributed by atoms with Gasteiger partial charge >= 0.3 is 0 Å². The Morgan fingerprint density at radius 3 is 2.00 bits per heavy atom. The summed E-state index contributed by atoms with van der Waals surface area (Å²) in [5.41, 5.74) is 6.83. The molecule has 0 saturated heterocycles. The van der Waals surface area contributed by atoms with Crippen LogP contribution in [0.15, 0.2) is 109 Å². The molecule has 7 heteroatoms. The Labute approximate surface area is 316 Å². The number of halogens is 1. The summed E-state index contributed by atoms with van der Waals surface area (Å²) >= 11 is 1.64. The van der Waals surface area contributed by atoms with Crippen LogP contribution in [-0.4, -0.2) is 26.1 Å². The van der Waals surface area contributed by atoms with Crippen molar-refractivity contribution in [3.63, 3.8) is 0 Å². The molecule has 7 rings (SSSR count). The van der Waals surface area contributed by atoms with Gasteiger partial charge in [-0.05, 0) is 50.3 Å². The van der Waals surface area contributed by atoms with Gasteiger partial charge in [0.25, 0.3) is 0 Å². The third-order valence-corrected chi connectivity index (χ3v) is 14.3. The van der Waals surface area contributed by atoms with Crippen LogP contribution in [0.4, 0.5) is 4.39 Å². The van der Waals surface area contributed by atoms with Crippen molar-refractivity contribution in [2.75, 3.05) is 0 Å². The van der Waals surface area contributed by atoms with E-state index < -0.39 is 16.1 Å². The van der Waals surface area contributed by atoms with E-state index in [-0.39, 0.29) is 25.9 Å². The van der Waals surface area contributed by atoms with E-state index >= 15 is 4.39 Å². The predicted molar refractivity (Wildman–Crippen MR) is 215 cm³/mol. The summed E-state index contributed by atoms with van der Waals surface area (Å²) in [4.78, 5) is 9.17. The average molecular weight is 887 g/mol. The topological polar surface area (TPSA) is 25.8 Å². The van der Waals surface area contributed by atoms with Crippen molar-refractivity contribution in [3.8, 4) is 33.6 Å². The largest absolute Gasteiger partial charge is 0.305 e. The number of fused-ring (bicyclic) bond motifs is 3. The first-order valence-corrected chi connectivity index (χ1v) is 24.7. The quantitative estimate of drug-likeness (QED) is 0.123. The molecule has 257 valence electrons. The molecule has 3 heterocycles. The minimum absolute atomic E-state index is 0. The molecule has 4 aromatic carbocycles. The zero-order valence-corrected chi connectivity index (χ0v) is 35.2. The molecule has 7 aromatic rings. The summed E-state index contributed by atoms with van der Waals surface area (Å²) in [5, 5.41) is 4.98. The molecular weight excluding hydrogens is 844 g/mol. The Morgan fingerprint density at radius 2 is 1.38 bits per heavy atom. The van der Waals surface area contributed by atoms with E-state index in [1.807, 2.05) is 48.8 Å². The van der Waals surface area contributed by atoms with Gasteiger partial charge in [0, 0.05) is 42.8 Å². The van der Waals surface area contributed by atoms with E-state index in [9.17, 15) is 0 Å². The van der Waals surface area contributed by atoms with Gasteiger partial charge in [-0.15, -0.1) is 59.7 Å². The monoisotopic (exact) mass is 887 g/mol. The molecular formula is C43H43FIrN2SSi2-2. The van der Waals surface area contributed by atoms with E-state index in [2.05, 4.69) is 130 Å². The molecule has 0 atom stereocenters. The molecule has 0 aliphatic heterocycles. The van der Waals surface area contributed by atoms with E-state index in [0.29, 0.717) is 11.5 Å². The molecule has 0 N–H and O–H groups in total. The fourth-order valence-corrected chi connectivity index (χ4v) is 9.43.